The summed E-state index contributed by atoms with van der Waals surface area (Å²) >= 11 is 0. The molecule has 8 nitrogen and oxygen atoms in total. The lowest BCUT2D eigenvalue weighted by molar-refractivity contribution is -0.131. The summed E-state index contributed by atoms with van der Waals surface area (Å²) in [6.07, 6.45) is 2.64. The van der Waals surface area contributed by atoms with Crippen LogP contribution in [-0.2, 0) is 21.4 Å². The molecule has 0 aromatic heterocycles. The first-order valence-electron chi connectivity index (χ1n) is 10.8. The van der Waals surface area contributed by atoms with Crippen molar-refractivity contribution in [3.63, 3.8) is 0 Å². The number of carbonyl (C=O) groups is 2. The van der Waals surface area contributed by atoms with Gasteiger partial charge in [-0.3, -0.25) is 13.9 Å². The highest BCUT2D eigenvalue weighted by Gasteiger charge is 2.18. The Bertz CT molecular complexity index is 1350. The Labute approximate surface area is 205 Å². The van der Waals surface area contributed by atoms with E-state index in [-0.39, 0.29) is 6.54 Å². The zero-order valence-corrected chi connectivity index (χ0v) is 20.8. The second-order valence-corrected chi connectivity index (χ2v) is 10.0. The van der Waals surface area contributed by atoms with Crippen LogP contribution >= 0.6 is 0 Å². The third-order valence-corrected chi connectivity index (χ3v) is 6.38. The molecular formula is C26H27N3O5S. The number of amides is 1. The molecule has 0 saturated heterocycles. The summed E-state index contributed by atoms with van der Waals surface area (Å²) in [5, 5.41) is 3.95. The van der Waals surface area contributed by atoms with Crippen molar-refractivity contribution in [2.24, 2.45) is 5.10 Å². The van der Waals surface area contributed by atoms with Crippen molar-refractivity contribution in [3.8, 4) is 5.75 Å². The summed E-state index contributed by atoms with van der Waals surface area (Å²) in [7, 11) is -3.51. The van der Waals surface area contributed by atoms with Crippen LogP contribution in [0.15, 0.2) is 71.8 Å². The van der Waals surface area contributed by atoms with Gasteiger partial charge in [0.25, 0.3) is 5.91 Å². The fourth-order valence-corrected chi connectivity index (χ4v) is 4.11. The predicted molar refractivity (Wildman–Crippen MR) is 136 cm³/mol. The van der Waals surface area contributed by atoms with Gasteiger partial charge >= 0.3 is 5.97 Å². The Morgan fingerprint density at radius 3 is 2.20 bits per heavy atom. The molecule has 3 aromatic carbocycles. The molecule has 3 aromatic rings. The highest BCUT2D eigenvalue weighted by atomic mass is 32.2. The van der Waals surface area contributed by atoms with Gasteiger partial charge in [-0.15, -0.1) is 0 Å². The number of nitrogens with one attached hydrogen (secondary N) is 1. The maximum absolute atomic E-state index is 12.4. The first kappa shape index (κ1) is 25.6. The summed E-state index contributed by atoms with van der Waals surface area (Å²) in [6.45, 7) is 5.38. The van der Waals surface area contributed by atoms with Crippen molar-refractivity contribution >= 4 is 33.8 Å². The number of sulfonamides is 1. The van der Waals surface area contributed by atoms with Crippen LogP contribution in [0.3, 0.4) is 0 Å². The normalized spacial score (nSPS) is 11.3. The Kier molecular flexibility index (Phi) is 8.03. The highest BCUT2D eigenvalue weighted by molar-refractivity contribution is 7.92. The van der Waals surface area contributed by atoms with Crippen molar-refractivity contribution in [2.45, 2.75) is 27.3 Å². The molecule has 0 aliphatic heterocycles. The van der Waals surface area contributed by atoms with Gasteiger partial charge in [0.2, 0.25) is 10.0 Å². The van der Waals surface area contributed by atoms with Crippen molar-refractivity contribution in [1.29, 1.82) is 0 Å². The zero-order chi connectivity index (χ0) is 25.6. The van der Waals surface area contributed by atoms with E-state index in [1.54, 1.807) is 54.6 Å². The quantitative estimate of drug-likeness (QED) is 0.221. The van der Waals surface area contributed by atoms with Gasteiger partial charge in [-0.1, -0.05) is 18.2 Å². The number of hydrogen-bond acceptors (Lipinski definition) is 6. The SMILES string of the molecule is CC(=O)Oc1ccc(/C=N/NC(=O)c2ccc(CN(c3ccc(C)c(C)c3)S(C)(=O)=O)cc2)cc1. The average molecular weight is 494 g/mol. The molecule has 0 atom stereocenters. The number of rotatable bonds is 8. The van der Waals surface area contributed by atoms with E-state index in [9.17, 15) is 18.0 Å². The Morgan fingerprint density at radius 2 is 1.63 bits per heavy atom. The summed E-state index contributed by atoms with van der Waals surface area (Å²) in [6, 6.07) is 18.8. The molecule has 1 N–H and O–H groups in total. The molecule has 0 fully saturated rings. The summed E-state index contributed by atoms with van der Waals surface area (Å²) in [4.78, 5) is 23.4. The van der Waals surface area contributed by atoms with Crippen LogP contribution in [0.1, 0.15) is 39.5 Å². The van der Waals surface area contributed by atoms with E-state index < -0.39 is 21.9 Å². The van der Waals surface area contributed by atoms with Gasteiger partial charge in [0.15, 0.2) is 0 Å². The van der Waals surface area contributed by atoms with E-state index >= 15 is 0 Å². The van der Waals surface area contributed by atoms with E-state index in [0.717, 1.165) is 16.7 Å². The Hall–Kier alpha value is -3.98. The number of esters is 1. The standard InChI is InChI=1S/C26H27N3O5S/c1-18-5-12-24(15-19(18)2)29(35(4,32)33)17-22-6-10-23(11-7-22)26(31)28-27-16-21-8-13-25(14-9-21)34-20(3)30/h5-16H,17H2,1-4H3,(H,28,31)/b27-16+. The van der Waals surface area contributed by atoms with Gasteiger partial charge in [0, 0.05) is 12.5 Å². The van der Waals surface area contributed by atoms with E-state index in [2.05, 4.69) is 10.5 Å². The smallest absolute Gasteiger partial charge is 0.308 e. The minimum Gasteiger partial charge on any atom is -0.427 e. The van der Waals surface area contributed by atoms with Crippen LogP contribution in [0.2, 0.25) is 0 Å². The maximum Gasteiger partial charge on any atom is 0.308 e. The number of aryl methyl sites for hydroxylation is 2. The number of benzene rings is 3. The zero-order valence-electron chi connectivity index (χ0n) is 20.0. The molecule has 35 heavy (non-hydrogen) atoms. The molecule has 9 heteroatoms. The number of hydrogen-bond donors (Lipinski definition) is 1. The fourth-order valence-electron chi connectivity index (χ4n) is 3.23. The summed E-state index contributed by atoms with van der Waals surface area (Å²) in [5.41, 5.74) is 6.96. The molecular weight excluding hydrogens is 466 g/mol. The van der Waals surface area contributed by atoms with E-state index in [0.29, 0.717) is 22.6 Å². The molecule has 0 heterocycles. The Balaban J connectivity index is 1.65. The largest absolute Gasteiger partial charge is 0.427 e. The van der Waals surface area contributed by atoms with Crippen LogP contribution in [0.4, 0.5) is 5.69 Å². The molecule has 1 amide bonds. The molecule has 3 rings (SSSR count). The van der Waals surface area contributed by atoms with Gasteiger partial charge in [0.05, 0.1) is 24.7 Å². The first-order valence-corrected chi connectivity index (χ1v) is 12.6. The molecule has 0 saturated carbocycles. The molecule has 0 radical (unpaired) electrons. The van der Waals surface area contributed by atoms with E-state index in [4.69, 9.17) is 4.74 Å². The molecule has 182 valence electrons. The maximum atomic E-state index is 12.4. The number of nitrogens with zero attached hydrogens (tertiary/aromatic N) is 2. The molecule has 0 aliphatic carbocycles. The van der Waals surface area contributed by atoms with E-state index in [1.807, 2.05) is 26.0 Å². The van der Waals surface area contributed by atoms with Crippen LogP contribution < -0.4 is 14.5 Å². The third-order valence-electron chi connectivity index (χ3n) is 5.24. The van der Waals surface area contributed by atoms with Gasteiger partial charge in [-0.2, -0.15) is 5.10 Å². The first-order chi connectivity index (χ1) is 16.5. The number of ether oxygens (including phenoxy) is 1. The second-order valence-electron chi connectivity index (χ2n) is 8.10. The van der Waals surface area contributed by atoms with Crippen molar-refractivity contribution in [3.05, 3.63) is 94.5 Å². The summed E-state index contributed by atoms with van der Waals surface area (Å²) in [5.74, 6) is -0.386. The lowest BCUT2D eigenvalue weighted by Crippen LogP contribution is -2.29. The monoisotopic (exact) mass is 493 g/mol. The van der Waals surface area contributed by atoms with E-state index in [1.165, 1.54) is 23.7 Å². The van der Waals surface area contributed by atoms with Crippen LogP contribution in [-0.4, -0.2) is 32.8 Å². The van der Waals surface area contributed by atoms with Crippen molar-refractivity contribution in [2.75, 3.05) is 10.6 Å². The van der Waals surface area contributed by atoms with Crippen LogP contribution in [0.5, 0.6) is 5.75 Å². The third kappa shape index (κ3) is 7.25. The van der Waals surface area contributed by atoms with Gasteiger partial charge in [0.1, 0.15) is 5.75 Å². The predicted octanol–water partition coefficient (Wildman–Crippen LogP) is 3.96. The van der Waals surface area contributed by atoms with Crippen molar-refractivity contribution in [1.82, 2.24) is 5.43 Å². The lowest BCUT2D eigenvalue weighted by atomic mass is 10.1. The molecule has 0 bridgehead atoms. The minimum atomic E-state index is -3.51. The van der Waals surface area contributed by atoms with Gasteiger partial charge in [-0.25, -0.2) is 13.8 Å². The molecule has 0 spiro atoms. The Morgan fingerprint density at radius 1 is 0.971 bits per heavy atom. The van der Waals surface area contributed by atoms with Gasteiger partial charge < -0.3 is 4.74 Å². The topological polar surface area (TPSA) is 105 Å². The highest BCUT2D eigenvalue weighted by Crippen LogP contribution is 2.23. The average Bonchev–Trinajstić information content (AvgIpc) is 2.80. The van der Waals surface area contributed by atoms with Crippen molar-refractivity contribution < 1.29 is 22.7 Å². The van der Waals surface area contributed by atoms with Gasteiger partial charge in [-0.05, 0) is 84.6 Å². The number of carbonyl (C=O) groups excluding carboxylic acids is 2. The number of anilines is 1. The number of hydrazone groups is 1. The van der Waals surface area contributed by atoms with Crippen LogP contribution in [0, 0.1) is 13.8 Å². The molecule has 0 aliphatic rings. The summed E-state index contributed by atoms with van der Waals surface area (Å²) < 4.78 is 31.2. The minimum absolute atomic E-state index is 0.144. The molecule has 0 unspecified atom stereocenters. The fraction of sp³-hybridized carbons (Fsp3) is 0.192. The lowest BCUT2D eigenvalue weighted by Gasteiger charge is -2.23. The van der Waals surface area contributed by atoms with Crippen LogP contribution in [0.25, 0.3) is 0 Å². The second kappa shape index (κ2) is 11.0.